The van der Waals surface area contributed by atoms with E-state index in [0.29, 0.717) is 17.1 Å². The predicted molar refractivity (Wildman–Crippen MR) is 80.5 cm³/mol. The van der Waals surface area contributed by atoms with Crippen molar-refractivity contribution in [3.63, 3.8) is 0 Å². The molecule has 1 aromatic heterocycles. The number of carbonyl (C=O) groups excluding carboxylic acids is 1. The summed E-state index contributed by atoms with van der Waals surface area (Å²) in [6.45, 7) is 0.551. The fourth-order valence-corrected chi connectivity index (χ4v) is 2.65. The van der Waals surface area contributed by atoms with Gasteiger partial charge in [-0.05, 0) is 23.8 Å². The quantitative estimate of drug-likeness (QED) is 0.911. The van der Waals surface area contributed by atoms with Crippen LogP contribution in [0.2, 0.25) is 0 Å². The number of thiophene rings is 1. The Morgan fingerprint density at radius 2 is 2.00 bits per heavy atom. The zero-order chi connectivity index (χ0) is 14.7. The van der Waals surface area contributed by atoms with Crippen LogP contribution in [0, 0.1) is 5.82 Å². The Bertz CT molecular complexity index is 607. The number of hydrogen-bond donors (Lipinski definition) is 2. The van der Waals surface area contributed by atoms with Gasteiger partial charge in [0, 0.05) is 20.6 Å². The first-order valence-corrected chi connectivity index (χ1v) is 6.88. The van der Waals surface area contributed by atoms with Crippen molar-refractivity contribution in [2.45, 2.75) is 6.54 Å². The number of nitrogen functional groups attached to an aromatic ring is 1. The molecule has 0 aliphatic rings. The molecule has 0 saturated heterocycles. The number of rotatable bonds is 4. The van der Waals surface area contributed by atoms with Crippen LogP contribution in [0.1, 0.15) is 15.2 Å². The van der Waals surface area contributed by atoms with Gasteiger partial charge in [-0.2, -0.15) is 0 Å². The summed E-state index contributed by atoms with van der Waals surface area (Å²) in [5, 5.41) is 4.00. The lowest BCUT2D eigenvalue weighted by Crippen LogP contribution is -2.21. The van der Waals surface area contributed by atoms with Crippen molar-refractivity contribution in [3.05, 3.63) is 46.6 Å². The third-order valence-corrected chi connectivity index (χ3v) is 3.84. The van der Waals surface area contributed by atoms with Gasteiger partial charge in [0.15, 0.2) is 0 Å². The predicted octanol–water partition coefficient (Wildman–Crippen LogP) is 2.78. The minimum absolute atomic E-state index is 0.109. The van der Waals surface area contributed by atoms with E-state index in [-0.39, 0.29) is 11.7 Å². The topological polar surface area (TPSA) is 58.4 Å². The normalized spacial score (nSPS) is 10.3. The minimum atomic E-state index is -0.256. The molecule has 2 aromatic rings. The minimum Gasteiger partial charge on any atom is -0.397 e. The average molecular weight is 293 g/mol. The summed E-state index contributed by atoms with van der Waals surface area (Å²) in [4.78, 5) is 13.9. The first-order chi connectivity index (χ1) is 9.47. The zero-order valence-electron chi connectivity index (χ0n) is 11.3. The highest BCUT2D eigenvalue weighted by Gasteiger charge is 2.15. The summed E-state index contributed by atoms with van der Waals surface area (Å²) in [6.07, 6.45) is 0. The maximum Gasteiger partial charge on any atom is 0.265 e. The summed E-state index contributed by atoms with van der Waals surface area (Å²) in [5.41, 5.74) is 7.27. The molecule has 1 amide bonds. The van der Waals surface area contributed by atoms with E-state index in [0.717, 1.165) is 10.6 Å². The van der Waals surface area contributed by atoms with Crippen LogP contribution in [0.15, 0.2) is 30.3 Å². The largest absolute Gasteiger partial charge is 0.397 e. The van der Waals surface area contributed by atoms with Crippen LogP contribution >= 0.6 is 11.3 Å². The summed E-state index contributed by atoms with van der Waals surface area (Å²) in [6, 6.07) is 8.00. The van der Waals surface area contributed by atoms with Gasteiger partial charge in [0.1, 0.15) is 10.7 Å². The van der Waals surface area contributed by atoms with Crippen molar-refractivity contribution >= 4 is 27.9 Å². The second-order valence-corrected chi connectivity index (χ2v) is 5.63. The third kappa shape index (κ3) is 3.27. The number of anilines is 2. The molecular formula is C14H16FN3OS. The Balaban J connectivity index is 2.05. The molecule has 1 aromatic carbocycles. The summed E-state index contributed by atoms with van der Waals surface area (Å²) >= 11 is 1.32. The van der Waals surface area contributed by atoms with E-state index < -0.39 is 0 Å². The van der Waals surface area contributed by atoms with Gasteiger partial charge in [-0.15, -0.1) is 11.3 Å². The van der Waals surface area contributed by atoms with Crippen LogP contribution in [0.5, 0.6) is 0 Å². The van der Waals surface area contributed by atoms with Crippen molar-refractivity contribution < 1.29 is 9.18 Å². The van der Waals surface area contributed by atoms with Gasteiger partial charge in [0.25, 0.3) is 5.91 Å². The monoisotopic (exact) mass is 293 g/mol. The summed E-state index contributed by atoms with van der Waals surface area (Å²) < 4.78 is 12.8. The molecule has 0 saturated carbocycles. The van der Waals surface area contributed by atoms with Crippen LogP contribution in [0.3, 0.4) is 0 Å². The molecule has 106 valence electrons. The molecular weight excluding hydrogens is 277 g/mol. The van der Waals surface area contributed by atoms with Gasteiger partial charge < -0.3 is 16.0 Å². The Labute approximate surface area is 121 Å². The van der Waals surface area contributed by atoms with Gasteiger partial charge in [0.05, 0.1) is 10.7 Å². The second kappa shape index (κ2) is 5.92. The van der Waals surface area contributed by atoms with E-state index in [1.54, 1.807) is 32.3 Å². The number of nitrogens with one attached hydrogen (secondary N) is 1. The van der Waals surface area contributed by atoms with Crippen LogP contribution in [-0.2, 0) is 6.54 Å². The third-order valence-electron chi connectivity index (χ3n) is 2.74. The first-order valence-electron chi connectivity index (χ1n) is 6.06. The average Bonchev–Trinajstić information content (AvgIpc) is 2.78. The van der Waals surface area contributed by atoms with Crippen molar-refractivity contribution in [1.82, 2.24) is 4.90 Å². The number of hydrogen-bond acceptors (Lipinski definition) is 4. The molecule has 1 heterocycles. The van der Waals surface area contributed by atoms with Gasteiger partial charge >= 0.3 is 0 Å². The Hall–Kier alpha value is -2.08. The van der Waals surface area contributed by atoms with Crippen LogP contribution in [-0.4, -0.2) is 24.9 Å². The van der Waals surface area contributed by atoms with Crippen molar-refractivity contribution in [1.29, 1.82) is 0 Å². The molecule has 0 radical (unpaired) electrons. The molecule has 0 atom stereocenters. The van der Waals surface area contributed by atoms with Crippen molar-refractivity contribution in [2.24, 2.45) is 0 Å². The molecule has 2 rings (SSSR count). The Morgan fingerprint density at radius 3 is 2.60 bits per heavy atom. The van der Waals surface area contributed by atoms with E-state index in [9.17, 15) is 9.18 Å². The smallest absolute Gasteiger partial charge is 0.265 e. The number of nitrogens with zero attached hydrogens (tertiary/aromatic N) is 1. The number of amides is 1. The highest BCUT2D eigenvalue weighted by molar-refractivity contribution is 7.18. The second-order valence-electron chi connectivity index (χ2n) is 4.57. The van der Waals surface area contributed by atoms with Gasteiger partial charge in [-0.25, -0.2) is 4.39 Å². The fraction of sp³-hybridized carbons (Fsp3) is 0.214. The lowest BCUT2D eigenvalue weighted by atomic mass is 10.2. The van der Waals surface area contributed by atoms with Crippen molar-refractivity contribution in [2.75, 3.05) is 25.1 Å². The van der Waals surface area contributed by atoms with Crippen LogP contribution in [0.4, 0.5) is 15.1 Å². The molecule has 0 unspecified atom stereocenters. The molecule has 3 N–H and O–H groups in total. The Kier molecular flexibility index (Phi) is 4.24. The van der Waals surface area contributed by atoms with Gasteiger partial charge in [0.2, 0.25) is 0 Å². The van der Waals surface area contributed by atoms with Crippen LogP contribution in [0.25, 0.3) is 0 Å². The van der Waals surface area contributed by atoms with E-state index in [4.69, 9.17) is 5.73 Å². The van der Waals surface area contributed by atoms with E-state index >= 15 is 0 Å². The summed E-state index contributed by atoms with van der Waals surface area (Å²) in [5.74, 6) is -0.365. The highest BCUT2D eigenvalue weighted by Crippen LogP contribution is 2.30. The summed E-state index contributed by atoms with van der Waals surface area (Å²) in [7, 11) is 3.38. The molecule has 6 heteroatoms. The number of benzene rings is 1. The maximum absolute atomic E-state index is 12.8. The fourth-order valence-electron chi connectivity index (χ4n) is 1.65. The molecule has 0 aliphatic carbocycles. The molecule has 0 bridgehead atoms. The standard InChI is InChI=1S/C14H16FN3OS/c1-18(2)14(19)13-11(16)7-12(20-13)17-8-9-3-5-10(15)6-4-9/h3-7,17H,8,16H2,1-2H3. The number of halogens is 1. The van der Waals surface area contributed by atoms with E-state index in [1.807, 2.05) is 0 Å². The number of carbonyl (C=O) groups is 1. The molecule has 4 nitrogen and oxygen atoms in total. The molecule has 0 spiro atoms. The number of nitrogens with two attached hydrogens (primary N) is 1. The zero-order valence-corrected chi connectivity index (χ0v) is 12.1. The van der Waals surface area contributed by atoms with E-state index in [1.165, 1.54) is 28.4 Å². The van der Waals surface area contributed by atoms with Gasteiger partial charge in [-0.3, -0.25) is 4.79 Å². The van der Waals surface area contributed by atoms with E-state index in [2.05, 4.69) is 5.32 Å². The lowest BCUT2D eigenvalue weighted by molar-refractivity contribution is 0.0833. The van der Waals surface area contributed by atoms with Crippen molar-refractivity contribution in [3.8, 4) is 0 Å². The molecule has 0 aliphatic heterocycles. The molecule has 0 fully saturated rings. The molecule has 20 heavy (non-hydrogen) atoms. The van der Waals surface area contributed by atoms with Crippen LogP contribution < -0.4 is 11.1 Å². The first kappa shape index (κ1) is 14.3. The SMILES string of the molecule is CN(C)C(=O)c1sc(NCc2ccc(F)cc2)cc1N. The van der Waals surface area contributed by atoms with Gasteiger partial charge in [-0.1, -0.05) is 12.1 Å². The highest BCUT2D eigenvalue weighted by atomic mass is 32.1. The maximum atomic E-state index is 12.8. The Morgan fingerprint density at radius 1 is 1.35 bits per heavy atom. The lowest BCUT2D eigenvalue weighted by Gasteiger charge is -2.08.